The average molecular weight is 198 g/mol. The molecule has 1 saturated heterocycles. The molecule has 1 aliphatic heterocycles. The van der Waals surface area contributed by atoms with Crippen LogP contribution in [0.25, 0.3) is 0 Å². The molecule has 0 aromatic rings. The van der Waals surface area contributed by atoms with Gasteiger partial charge in [-0.2, -0.15) is 0 Å². The van der Waals surface area contributed by atoms with E-state index in [9.17, 15) is 0 Å². The van der Waals surface area contributed by atoms with Crippen molar-refractivity contribution in [3.8, 4) is 0 Å². The first-order valence-electron chi connectivity index (χ1n) is 5.58. The molecule has 2 aliphatic rings. The molecule has 14 heavy (non-hydrogen) atoms. The molecule has 0 amide bonds. The van der Waals surface area contributed by atoms with E-state index in [2.05, 4.69) is 25.7 Å². The first-order valence-corrected chi connectivity index (χ1v) is 5.58. The smallest absolute Gasteiger partial charge is 0.0757 e. The van der Waals surface area contributed by atoms with E-state index in [1.165, 1.54) is 12.8 Å². The Kier molecular flexibility index (Phi) is 2.37. The van der Waals surface area contributed by atoms with Crippen molar-refractivity contribution < 1.29 is 4.74 Å². The molecule has 0 bridgehead atoms. The molecule has 1 aliphatic carbocycles. The molecule has 1 heterocycles. The maximum atomic E-state index is 6.13. The zero-order valence-electron chi connectivity index (χ0n) is 9.55. The van der Waals surface area contributed by atoms with Gasteiger partial charge in [-0.05, 0) is 33.6 Å². The topological polar surface area (TPSA) is 38.5 Å². The van der Waals surface area contributed by atoms with E-state index in [1.807, 2.05) is 0 Å². The van der Waals surface area contributed by atoms with Crippen LogP contribution in [0.3, 0.4) is 0 Å². The molecular weight excluding hydrogens is 176 g/mol. The minimum absolute atomic E-state index is 0.0110. The van der Waals surface area contributed by atoms with E-state index in [4.69, 9.17) is 10.5 Å². The van der Waals surface area contributed by atoms with Crippen molar-refractivity contribution in [2.45, 2.75) is 50.9 Å². The fourth-order valence-corrected chi connectivity index (χ4v) is 2.47. The molecule has 0 spiro atoms. The fourth-order valence-electron chi connectivity index (χ4n) is 2.47. The highest BCUT2D eigenvalue weighted by Gasteiger charge is 2.42. The van der Waals surface area contributed by atoms with E-state index in [0.717, 1.165) is 19.6 Å². The molecule has 1 saturated carbocycles. The molecule has 3 heteroatoms. The zero-order valence-corrected chi connectivity index (χ0v) is 9.55. The highest BCUT2D eigenvalue weighted by atomic mass is 16.5. The predicted molar refractivity (Wildman–Crippen MR) is 57.2 cm³/mol. The summed E-state index contributed by atoms with van der Waals surface area (Å²) in [6.45, 7) is 9.55. The van der Waals surface area contributed by atoms with Crippen molar-refractivity contribution in [3.63, 3.8) is 0 Å². The lowest BCUT2D eigenvalue weighted by molar-refractivity contribution is -0.129. The highest BCUT2D eigenvalue weighted by Crippen LogP contribution is 2.34. The summed E-state index contributed by atoms with van der Waals surface area (Å²) in [4.78, 5) is 2.46. The molecule has 82 valence electrons. The van der Waals surface area contributed by atoms with Crippen LogP contribution in [0.5, 0.6) is 0 Å². The summed E-state index contributed by atoms with van der Waals surface area (Å²) in [5.74, 6) is 0. The summed E-state index contributed by atoms with van der Waals surface area (Å²) < 4.78 is 5.86. The number of rotatable bonds is 2. The molecule has 2 fully saturated rings. The van der Waals surface area contributed by atoms with Crippen LogP contribution >= 0.6 is 0 Å². The van der Waals surface area contributed by atoms with Crippen LogP contribution in [-0.2, 0) is 4.74 Å². The van der Waals surface area contributed by atoms with E-state index < -0.39 is 0 Å². The normalized spacial score (nSPS) is 35.6. The van der Waals surface area contributed by atoms with Crippen LogP contribution in [0.1, 0.15) is 33.6 Å². The van der Waals surface area contributed by atoms with Crippen molar-refractivity contribution >= 4 is 0 Å². The summed E-state index contributed by atoms with van der Waals surface area (Å²) in [7, 11) is 0. The Bertz CT molecular complexity index is 221. The Hall–Kier alpha value is -0.120. The second kappa shape index (κ2) is 3.19. The Morgan fingerprint density at radius 1 is 1.43 bits per heavy atom. The van der Waals surface area contributed by atoms with Gasteiger partial charge >= 0.3 is 0 Å². The first-order chi connectivity index (χ1) is 6.39. The minimum atomic E-state index is -0.0110. The van der Waals surface area contributed by atoms with Crippen molar-refractivity contribution in [1.82, 2.24) is 4.90 Å². The van der Waals surface area contributed by atoms with Gasteiger partial charge in [-0.1, -0.05) is 0 Å². The zero-order chi connectivity index (χ0) is 10.4. The lowest BCUT2D eigenvalue weighted by Crippen LogP contribution is -2.54. The van der Waals surface area contributed by atoms with Gasteiger partial charge in [0.15, 0.2) is 0 Å². The van der Waals surface area contributed by atoms with Gasteiger partial charge in [0.05, 0.1) is 11.7 Å². The van der Waals surface area contributed by atoms with E-state index in [-0.39, 0.29) is 11.1 Å². The quantitative estimate of drug-likeness (QED) is 0.719. The lowest BCUT2D eigenvalue weighted by Gasteiger charge is -2.42. The number of nitrogens with two attached hydrogens (primary N) is 1. The molecule has 3 nitrogen and oxygen atoms in total. The predicted octanol–water partition coefficient (Wildman–Crippen LogP) is 0.977. The molecule has 1 unspecified atom stereocenters. The number of nitrogens with zero attached hydrogens (tertiary/aromatic N) is 1. The number of ether oxygens (including phenoxy) is 1. The number of morpholine rings is 1. The molecular formula is C11H22N2O. The number of hydrogen-bond donors (Lipinski definition) is 1. The van der Waals surface area contributed by atoms with Crippen LogP contribution in [-0.4, -0.2) is 41.8 Å². The molecule has 0 radical (unpaired) electrons. The summed E-state index contributed by atoms with van der Waals surface area (Å²) >= 11 is 0. The third-order valence-corrected chi connectivity index (χ3v) is 3.07. The molecule has 2 rings (SSSR count). The Labute approximate surface area is 86.6 Å². The molecule has 0 aromatic heterocycles. The monoisotopic (exact) mass is 198 g/mol. The average Bonchev–Trinajstić information content (AvgIpc) is 2.61. The van der Waals surface area contributed by atoms with Crippen LogP contribution in [0, 0.1) is 0 Å². The summed E-state index contributed by atoms with van der Waals surface area (Å²) in [6.07, 6.45) is 2.72. The highest BCUT2D eigenvalue weighted by molar-refractivity contribution is 5.02. The van der Waals surface area contributed by atoms with Gasteiger partial charge in [0.25, 0.3) is 0 Å². The summed E-state index contributed by atoms with van der Waals surface area (Å²) in [6, 6.07) is 0. The molecule has 2 N–H and O–H groups in total. The van der Waals surface area contributed by atoms with Crippen molar-refractivity contribution in [1.29, 1.82) is 0 Å². The van der Waals surface area contributed by atoms with Crippen molar-refractivity contribution in [2.24, 2.45) is 5.73 Å². The largest absolute Gasteiger partial charge is 0.370 e. The van der Waals surface area contributed by atoms with Gasteiger partial charge in [0, 0.05) is 25.2 Å². The van der Waals surface area contributed by atoms with Gasteiger partial charge in [-0.25, -0.2) is 0 Å². The maximum absolute atomic E-state index is 6.13. The summed E-state index contributed by atoms with van der Waals surface area (Å²) in [5, 5.41) is 0. The Balaban J connectivity index is 1.92. The number of hydrogen-bond acceptors (Lipinski definition) is 3. The van der Waals surface area contributed by atoms with Gasteiger partial charge in [-0.15, -0.1) is 0 Å². The Morgan fingerprint density at radius 2 is 2.07 bits per heavy atom. The van der Waals surface area contributed by atoms with Crippen LogP contribution in [0.4, 0.5) is 0 Å². The van der Waals surface area contributed by atoms with Crippen LogP contribution in [0.2, 0.25) is 0 Å². The first kappa shape index (κ1) is 10.4. The van der Waals surface area contributed by atoms with Gasteiger partial charge in [-0.3, -0.25) is 4.90 Å². The molecule has 1 atom stereocenters. The SMILES string of the molecule is CC1CN(CC2(N)CC2)CC(C)(C)O1. The van der Waals surface area contributed by atoms with Gasteiger partial charge < -0.3 is 10.5 Å². The van der Waals surface area contributed by atoms with Crippen molar-refractivity contribution in [2.75, 3.05) is 19.6 Å². The van der Waals surface area contributed by atoms with Crippen LogP contribution < -0.4 is 5.73 Å². The van der Waals surface area contributed by atoms with E-state index in [0.29, 0.717) is 6.10 Å². The van der Waals surface area contributed by atoms with Crippen LogP contribution in [0.15, 0.2) is 0 Å². The minimum Gasteiger partial charge on any atom is -0.370 e. The molecule has 0 aromatic carbocycles. The standard InChI is InChI=1S/C11H22N2O/c1-9-6-13(7-10(2,3)14-9)8-11(12)4-5-11/h9H,4-8,12H2,1-3H3. The van der Waals surface area contributed by atoms with Gasteiger partial charge in [0.2, 0.25) is 0 Å². The third-order valence-electron chi connectivity index (χ3n) is 3.07. The van der Waals surface area contributed by atoms with E-state index >= 15 is 0 Å². The Morgan fingerprint density at radius 3 is 2.57 bits per heavy atom. The second-order valence-corrected chi connectivity index (χ2v) is 5.72. The third kappa shape index (κ3) is 2.47. The second-order valence-electron chi connectivity index (χ2n) is 5.72. The van der Waals surface area contributed by atoms with Crippen molar-refractivity contribution in [3.05, 3.63) is 0 Å². The van der Waals surface area contributed by atoms with E-state index in [1.54, 1.807) is 0 Å². The lowest BCUT2D eigenvalue weighted by atomic mass is 10.0. The maximum Gasteiger partial charge on any atom is 0.0757 e. The summed E-state index contributed by atoms with van der Waals surface area (Å²) in [5.41, 5.74) is 6.25. The fraction of sp³-hybridized carbons (Fsp3) is 1.00. The van der Waals surface area contributed by atoms with Gasteiger partial charge in [0.1, 0.15) is 0 Å².